The van der Waals surface area contributed by atoms with Gasteiger partial charge in [-0.1, -0.05) is 31.9 Å². The second kappa shape index (κ2) is 10.3. The molecule has 1 saturated heterocycles. The van der Waals surface area contributed by atoms with Gasteiger partial charge in [-0.25, -0.2) is 0 Å². The Morgan fingerprint density at radius 2 is 2.00 bits per heavy atom. The van der Waals surface area contributed by atoms with Gasteiger partial charge in [0.1, 0.15) is 24.4 Å². The third kappa shape index (κ3) is 5.89. The van der Waals surface area contributed by atoms with Crippen molar-refractivity contribution in [2.45, 2.75) is 63.4 Å². The van der Waals surface area contributed by atoms with Crippen molar-refractivity contribution in [2.75, 3.05) is 19.8 Å². The zero-order valence-electron chi connectivity index (χ0n) is 12.3. The largest absolute Gasteiger partial charge is 0.394 e. The van der Waals surface area contributed by atoms with Crippen LogP contribution in [-0.2, 0) is 9.47 Å². The summed E-state index contributed by atoms with van der Waals surface area (Å²) < 4.78 is 10.8. The van der Waals surface area contributed by atoms with E-state index in [0.29, 0.717) is 6.61 Å². The molecular formula is C15H28O5. The maximum absolute atomic E-state index is 9.91. The van der Waals surface area contributed by atoms with Crippen LogP contribution in [0.2, 0.25) is 0 Å². The minimum absolute atomic E-state index is 0.259. The molecule has 5 heteroatoms. The van der Waals surface area contributed by atoms with E-state index in [0.717, 1.165) is 19.3 Å². The van der Waals surface area contributed by atoms with Crippen molar-refractivity contribution < 1.29 is 24.8 Å². The van der Waals surface area contributed by atoms with Crippen LogP contribution in [0.5, 0.6) is 0 Å². The first-order chi connectivity index (χ1) is 9.70. The highest BCUT2D eigenvalue weighted by molar-refractivity contribution is 4.89. The fraction of sp³-hybridized carbons (Fsp3) is 0.867. The topological polar surface area (TPSA) is 79.2 Å². The summed E-state index contributed by atoms with van der Waals surface area (Å²) in [4.78, 5) is 0. The number of rotatable bonds is 10. The van der Waals surface area contributed by atoms with Gasteiger partial charge in [0.15, 0.2) is 0 Å². The van der Waals surface area contributed by atoms with Crippen LogP contribution in [0.3, 0.4) is 0 Å². The van der Waals surface area contributed by atoms with Gasteiger partial charge in [0, 0.05) is 6.61 Å². The van der Waals surface area contributed by atoms with Crippen molar-refractivity contribution in [3.05, 3.63) is 12.2 Å². The number of hydrogen-bond acceptors (Lipinski definition) is 5. The fourth-order valence-electron chi connectivity index (χ4n) is 2.20. The van der Waals surface area contributed by atoms with E-state index in [1.165, 1.54) is 12.8 Å². The molecule has 5 nitrogen and oxygen atoms in total. The first-order valence-corrected chi connectivity index (χ1v) is 7.55. The lowest BCUT2D eigenvalue weighted by Crippen LogP contribution is -2.41. The van der Waals surface area contributed by atoms with Crippen LogP contribution in [0.15, 0.2) is 12.2 Å². The smallest absolute Gasteiger partial charge is 0.114 e. The van der Waals surface area contributed by atoms with Gasteiger partial charge < -0.3 is 24.8 Å². The van der Waals surface area contributed by atoms with Crippen molar-refractivity contribution in [1.29, 1.82) is 0 Å². The lowest BCUT2D eigenvalue weighted by atomic mass is 10.1. The Balaban J connectivity index is 2.09. The molecule has 0 spiro atoms. The number of aliphatic hydroxyl groups is 3. The summed E-state index contributed by atoms with van der Waals surface area (Å²) in [7, 11) is 0. The molecule has 3 N–H and O–H groups in total. The molecule has 0 saturated carbocycles. The molecule has 0 unspecified atom stereocenters. The maximum Gasteiger partial charge on any atom is 0.114 e. The molecule has 0 aromatic heterocycles. The van der Waals surface area contributed by atoms with Gasteiger partial charge in [0.05, 0.1) is 13.2 Å². The zero-order valence-corrected chi connectivity index (χ0v) is 12.3. The van der Waals surface area contributed by atoms with Gasteiger partial charge in [-0.3, -0.25) is 0 Å². The quantitative estimate of drug-likeness (QED) is 0.413. The zero-order chi connectivity index (χ0) is 14.8. The Kier molecular flexibility index (Phi) is 9.05. The first kappa shape index (κ1) is 17.6. The van der Waals surface area contributed by atoms with Gasteiger partial charge in [-0.2, -0.15) is 0 Å². The van der Waals surface area contributed by atoms with Gasteiger partial charge >= 0.3 is 0 Å². The predicted molar refractivity (Wildman–Crippen MR) is 76.5 cm³/mol. The first-order valence-electron chi connectivity index (χ1n) is 7.55. The standard InChI is InChI=1S/C15H28O5/c1-2-3-4-5-6-7-8-9-19-13-11-20-15(14(13)18)12(17)10-16/h5-6,12-18H,2-4,7-11H2,1H3/b6-5+/t12-,13+,14+,15+/m1/s1. The van der Waals surface area contributed by atoms with Gasteiger partial charge in [0.2, 0.25) is 0 Å². The van der Waals surface area contributed by atoms with Gasteiger partial charge in [-0.15, -0.1) is 0 Å². The van der Waals surface area contributed by atoms with E-state index in [1.54, 1.807) is 0 Å². The molecule has 0 bridgehead atoms. The van der Waals surface area contributed by atoms with Crippen molar-refractivity contribution in [1.82, 2.24) is 0 Å². The van der Waals surface area contributed by atoms with E-state index in [2.05, 4.69) is 19.1 Å². The number of unbranched alkanes of at least 4 members (excludes halogenated alkanes) is 3. The highest BCUT2D eigenvalue weighted by atomic mass is 16.6. The number of allylic oxidation sites excluding steroid dienone is 2. The molecule has 1 fully saturated rings. The lowest BCUT2D eigenvalue weighted by molar-refractivity contribution is -0.0729. The van der Waals surface area contributed by atoms with E-state index >= 15 is 0 Å². The Morgan fingerprint density at radius 1 is 1.30 bits per heavy atom. The van der Waals surface area contributed by atoms with Crippen LogP contribution < -0.4 is 0 Å². The average Bonchev–Trinajstić information content (AvgIpc) is 2.82. The molecule has 0 aliphatic carbocycles. The molecule has 0 amide bonds. The van der Waals surface area contributed by atoms with Crippen molar-refractivity contribution in [3.8, 4) is 0 Å². The van der Waals surface area contributed by atoms with Crippen LogP contribution in [0, 0.1) is 0 Å². The van der Waals surface area contributed by atoms with Crippen LogP contribution in [0.25, 0.3) is 0 Å². The van der Waals surface area contributed by atoms with E-state index in [4.69, 9.17) is 14.6 Å². The highest BCUT2D eigenvalue weighted by Crippen LogP contribution is 2.20. The number of aliphatic hydroxyl groups excluding tert-OH is 3. The van der Waals surface area contributed by atoms with Crippen molar-refractivity contribution in [3.63, 3.8) is 0 Å². The van der Waals surface area contributed by atoms with E-state index in [9.17, 15) is 10.2 Å². The normalized spacial score (nSPS) is 28.3. The highest BCUT2D eigenvalue weighted by Gasteiger charge is 2.40. The number of ether oxygens (including phenoxy) is 2. The molecule has 118 valence electrons. The molecule has 0 radical (unpaired) electrons. The summed E-state index contributed by atoms with van der Waals surface area (Å²) in [6.07, 6.45) is 6.72. The number of hydrogen-bond donors (Lipinski definition) is 3. The third-order valence-electron chi connectivity index (χ3n) is 3.47. The molecular weight excluding hydrogens is 260 g/mol. The molecule has 1 heterocycles. The summed E-state index contributed by atoms with van der Waals surface area (Å²) in [5.41, 5.74) is 0. The average molecular weight is 288 g/mol. The van der Waals surface area contributed by atoms with E-state index in [-0.39, 0.29) is 6.61 Å². The van der Waals surface area contributed by atoms with Crippen LogP contribution in [0.4, 0.5) is 0 Å². The molecule has 20 heavy (non-hydrogen) atoms. The van der Waals surface area contributed by atoms with Crippen LogP contribution >= 0.6 is 0 Å². The molecule has 1 aliphatic heterocycles. The Labute approximate surface area is 121 Å². The van der Waals surface area contributed by atoms with E-state index < -0.39 is 31.0 Å². The predicted octanol–water partition coefficient (Wildman–Crippen LogP) is 1.01. The Morgan fingerprint density at radius 3 is 2.65 bits per heavy atom. The van der Waals surface area contributed by atoms with Crippen LogP contribution in [-0.4, -0.2) is 59.6 Å². The molecule has 0 aromatic rings. The van der Waals surface area contributed by atoms with Crippen molar-refractivity contribution in [2.24, 2.45) is 0 Å². The summed E-state index contributed by atoms with van der Waals surface area (Å²) in [5, 5.41) is 28.2. The molecule has 0 aromatic carbocycles. The van der Waals surface area contributed by atoms with E-state index in [1.807, 2.05) is 0 Å². The summed E-state index contributed by atoms with van der Waals surface area (Å²) in [6.45, 7) is 2.58. The monoisotopic (exact) mass is 288 g/mol. The van der Waals surface area contributed by atoms with Crippen molar-refractivity contribution >= 4 is 0 Å². The lowest BCUT2D eigenvalue weighted by Gasteiger charge is -2.20. The summed E-state index contributed by atoms with van der Waals surface area (Å²) >= 11 is 0. The van der Waals surface area contributed by atoms with Gasteiger partial charge in [0.25, 0.3) is 0 Å². The fourth-order valence-corrected chi connectivity index (χ4v) is 2.20. The third-order valence-corrected chi connectivity index (χ3v) is 3.47. The molecule has 4 atom stereocenters. The summed E-state index contributed by atoms with van der Waals surface area (Å²) in [6, 6.07) is 0. The SMILES string of the molecule is CCCC/C=C/CCCO[C@H]1CO[C@@H]([C@H](O)CO)[C@H]1O. The van der Waals surface area contributed by atoms with Crippen LogP contribution in [0.1, 0.15) is 39.0 Å². The van der Waals surface area contributed by atoms with Gasteiger partial charge in [-0.05, 0) is 19.3 Å². The minimum Gasteiger partial charge on any atom is -0.394 e. The second-order valence-electron chi connectivity index (χ2n) is 5.20. The minimum atomic E-state index is -1.06. The maximum atomic E-state index is 9.91. The molecule has 1 aliphatic rings. The Hall–Kier alpha value is -0.460. The second-order valence-corrected chi connectivity index (χ2v) is 5.20. The molecule has 1 rings (SSSR count). The summed E-state index contributed by atoms with van der Waals surface area (Å²) in [5.74, 6) is 0. The Bertz CT molecular complexity index is 269.